The Kier molecular flexibility index (Phi) is 5.05. The molecule has 1 unspecified atom stereocenters. The number of halogens is 1. The standard InChI is InChI=1S/C17H20ClNO/c1-12-7-4-5-8-14(12)13(2)19-11-15-16(18)9-6-10-17(15)20-3/h4-10,13,19H,11H2,1-3H3. The lowest BCUT2D eigenvalue weighted by Gasteiger charge is -2.18. The van der Waals surface area contributed by atoms with E-state index < -0.39 is 0 Å². The number of benzene rings is 2. The Labute approximate surface area is 125 Å². The molecular weight excluding hydrogens is 270 g/mol. The van der Waals surface area contributed by atoms with Gasteiger partial charge in [0.25, 0.3) is 0 Å². The van der Waals surface area contributed by atoms with Gasteiger partial charge in [0, 0.05) is 23.2 Å². The van der Waals surface area contributed by atoms with Crippen LogP contribution in [0.5, 0.6) is 5.75 Å². The van der Waals surface area contributed by atoms with Crippen LogP contribution in [0.3, 0.4) is 0 Å². The molecule has 2 aromatic rings. The third kappa shape index (κ3) is 3.33. The summed E-state index contributed by atoms with van der Waals surface area (Å²) in [4.78, 5) is 0. The highest BCUT2D eigenvalue weighted by atomic mass is 35.5. The van der Waals surface area contributed by atoms with E-state index >= 15 is 0 Å². The second-order valence-corrected chi connectivity index (χ2v) is 5.29. The quantitative estimate of drug-likeness (QED) is 0.874. The van der Waals surface area contributed by atoms with Crippen molar-refractivity contribution in [3.8, 4) is 5.75 Å². The molecule has 1 N–H and O–H groups in total. The van der Waals surface area contributed by atoms with Gasteiger partial charge in [-0.3, -0.25) is 0 Å². The molecule has 2 nitrogen and oxygen atoms in total. The van der Waals surface area contributed by atoms with Crippen LogP contribution in [0.1, 0.15) is 29.7 Å². The van der Waals surface area contributed by atoms with E-state index in [1.807, 2.05) is 18.2 Å². The first-order valence-electron chi connectivity index (χ1n) is 6.73. The molecule has 1 atom stereocenters. The zero-order chi connectivity index (χ0) is 14.5. The first-order chi connectivity index (χ1) is 9.63. The summed E-state index contributed by atoms with van der Waals surface area (Å²) in [5.41, 5.74) is 3.59. The smallest absolute Gasteiger partial charge is 0.124 e. The van der Waals surface area contributed by atoms with Gasteiger partial charge in [-0.15, -0.1) is 0 Å². The van der Waals surface area contributed by atoms with Crippen LogP contribution in [0.4, 0.5) is 0 Å². The Morgan fingerprint density at radius 1 is 1.15 bits per heavy atom. The minimum absolute atomic E-state index is 0.261. The van der Waals surface area contributed by atoms with Gasteiger partial charge < -0.3 is 10.1 Å². The minimum atomic E-state index is 0.261. The average molecular weight is 290 g/mol. The molecule has 0 saturated heterocycles. The molecule has 0 aliphatic rings. The Bertz CT molecular complexity index is 583. The van der Waals surface area contributed by atoms with E-state index in [-0.39, 0.29) is 6.04 Å². The third-order valence-corrected chi connectivity index (χ3v) is 3.89. The fourth-order valence-electron chi connectivity index (χ4n) is 2.34. The van der Waals surface area contributed by atoms with Gasteiger partial charge in [0.2, 0.25) is 0 Å². The average Bonchev–Trinajstić information content (AvgIpc) is 2.46. The molecular formula is C17H20ClNO. The molecule has 2 aromatic carbocycles. The minimum Gasteiger partial charge on any atom is -0.496 e. The summed E-state index contributed by atoms with van der Waals surface area (Å²) in [7, 11) is 1.67. The van der Waals surface area contributed by atoms with E-state index in [1.54, 1.807) is 7.11 Å². The Hall–Kier alpha value is -1.51. The fraction of sp³-hybridized carbons (Fsp3) is 0.294. The summed E-state index contributed by atoms with van der Waals surface area (Å²) in [6, 6.07) is 14.4. The molecule has 0 fully saturated rings. The third-order valence-electron chi connectivity index (χ3n) is 3.54. The Balaban J connectivity index is 2.11. The molecule has 0 radical (unpaired) electrons. The van der Waals surface area contributed by atoms with Crippen LogP contribution in [0.15, 0.2) is 42.5 Å². The zero-order valence-corrected chi connectivity index (χ0v) is 12.9. The first kappa shape index (κ1) is 14.9. The SMILES string of the molecule is COc1cccc(Cl)c1CNC(C)c1ccccc1C. The number of hydrogen-bond acceptors (Lipinski definition) is 2. The predicted octanol–water partition coefficient (Wildman–Crippen LogP) is 4.51. The second-order valence-electron chi connectivity index (χ2n) is 4.88. The van der Waals surface area contributed by atoms with Crippen molar-refractivity contribution in [2.24, 2.45) is 0 Å². The van der Waals surface area contributed by atoms with E-state index in [0.717, 1.165) is 16.3 Å². The van der Waals surface area contributed by atoms with Crippen molar-refractivity contribution in [3.63, 3.8) is 0 Å². The maximum absolute atomic E-state index is 6.25. The molecule has 0 bridgehead atoms. The van der Waals surface area contributed by atoms with E-state index in [0.29, 0.717) is 6.54 Å². The van der Waals surface area contributed by atoms with Gasteiger partial charge in [0.1, 0.15) is 5.75 Å². The van der Waals surface area contributed by atoms with Gasteiger partial charge in [-0.2, -0.15) is 0 Å². The number of rotatable bonds is 5. The largest absolute Gasteiger partial charge is 0.496 e. The summed E-state index contributed by atoms with van der Waals surface area (Å²) < 4.78 is 5.36. The van der Waals surface area contributed by atoms with E-state index in [4.69, 9.17) is 16.3 Å². The summed E-state index contributed by atoms with van der Waals surface area (Å²) >= 11 is 6.25. The molecule has 0 aliphatic heterocycles. The van der Waals surface area contributed by atoms with Crippen LogP contribution in [0, 0.1) is 6.92 Å². The second kappa shape index (κ2) is 6.78. The lowest BCUT2D eigenvalue weighted by molar-refractivity contribution is 0.406. The van der Waals surface area contributed by atoms with E-state index in [2.05, 4.69) is 43.4 Å². The summed E-state index contributed by atoms with van der Waals surface area (Å²) in [6.45, 7) is 4.97. The number of ether oxygens (including phenoxy) is 1. The summed E-state index contributed by atoms with van der Waals surface area (Å²) in [6.07, 6.45) is 0. The lowest BCUT2D eigenvalue weighted by Crippen LogP contribution is -2.19. The van der Waals surface area contributed by atoms with Crippen molar-refractivity contribution in [2.75, 3.05) is 7.11 Å². The first-order valence-corrected chi connectivity index (χ1v) is 7.11. The molecule has 0 spiro atoms. The molecule has 106 valence electrons. The zero-order valence-electron chi connectivity index (χ0n) is 12.1. The summed E-state index contributed by atoms with van der Waals surface area (Å²) in [5.74, 6) is 0.821. The molecule has 0 aliphatic carbocycles. The van der Waals surface area contributed by atoms with Crippen LogP contribution in [-0.4, -0.2) is 7.11 Å². The van der Waals surface area contributed by atoms with Gasteiger partial charge in [-0.25, -0.2) is 0 Å². The van der Waals surface area contributed by atoms with Crippen LogP contribution < -0.4 is 10.1 Å². The molecule has 0 amide bonds. The fourth-order valence-corrected chi connectivity index (χ4v) is 2.57. The number of methoxy groups -OCH3 is 1. The van der Waals surface area contributed by atoms with Crippen molar-refractivity contribution >= 4 is 11.6 Å². The van der Waals surface area contributed by atoms with Crippen molar-refractivity contribution in [1.82, 2.24) is 5.32 Å². The monoisotopic (exact) mass is 289 g/mol. The molecule has 20 heavy (non-hydrogen) atoms. The van der Waals surface area contributed by atoms with Crippen LogP contribution in [0.25, 0.3) is 0 Å². The number of hydrogen-bond donors (Lipinski definition) is 1. The van der Waals surface area contributed by atoms with Gasteiger partial charge in [-0.1, -0.05) is 41.9 Å². The maximum atomic E-state index is 6.25. The highest BCUT2D eigenvalue weighted by Crippen LogP contribution is 2.27. The molecule has 2 rings (SSSR count). The van der Waals surface area contributed by atoms with Crippen molar-refractivity contribution in [1.29, 1.82) is 0 Å². The molecule has 3 heteroatoms. The Morgan fingerprint density at radius 3 is 2.60 bits per heavy atom. The molecule has 0 aromatic heterocycles. The molecule has 0 heterocycles. The van der Waals surface area contributed by atoms with Crippen LogP contribution >= 0.6 is 11.6 Å². The van der Waals surface area contributed by atoms with Crippen molar-refractivity contribution in [2.45, 2.75) is 26.4 Å². The predicted molar refractivity (Wildman–Crippen MR) is 84.4 cm³/mol. The topological polar surface area (TPSA) is 21.3 Å². The van der Waals surface area contributed by atoms with Crippen molar-refractivity contribution < 1.29 is 4.74 Å². The van der Waals surface area contributed by atoms with Crippen LogP contribution in [0.2, 0.25) is 5.02 Å². The van der Waals surface area contributed by atoms with Gasteiger partial charge in [0.15, 0.2) is 0 Å². The summed E-state index contributed by atoms with van der Waals surface area (Å²) in [5, 5.41) is 4.24. The number of aryl methyl sites for hydroxylation is 1. The Morgan fingerprint density at radius 2 is 1.90 bits per heavy atom. The normalized spacial score (nSPS) is 12.2. The maximum Gasteiger partial charge on any atom is 0.124 e. The van der Waals surface area contributed by atoms with E-state index in [1.165, 1.54) is 11.1 Å². The van der Waals surface area contributed by atoms with Gasteiger partial charge >= 0.3 is 0 Å². The highest BCUT2D eigenvalue weighted by molar-refractivity contribution is 6.31. The highest BCUT2D eigenvalue weighted by Gasteiger charge is 2.11. The molecule has 0 saturated carbocycles. The van der Waals surface area contributed by atoms with Crippen LogP contribution in [-0.2, 0) is 6.54 Å². The lowest BCUT2D eigenvalue weighted by atomic mass is 10.0. The van der Waals surface area contributed by atoms with Crippen molar-refractivity contribution in [3.05, 3.63) is 64.2 Å². The van der Waals surface area contributed by atoms with Gasteiger partial charge in [0.05, 0.1) is 7.11 Å². The van der Waals surface area contributed by atoms with E-state index in [9.17, 15) is 0 Å². The number of nitrogens with one attached hydrogen (secondary N) is 1. The van der Waals surface area contributed by atoms with Gasteiger partial charge in [-0.05, 0) is 37.1 Å².